The maximum Gasteiger partial charge on any atom is 0.149 e. The van der Waals surface area contributed by atoms with E-state index >= 15 is 0 Å². The summed E-state index contributed by atoms with van der Waals surface area (Å²) in [7, 11) is 1.78. The van der Waals surface area contributed by atoms with Crippen LogP contribution in [0.5, 0.6) is 0 Å². The van der Waals surface area contributed by atoms with Crippen LogP contribution in [0.1, 0.15) is 23.0 Å². The van der Waals surface area contributed by atoms with Crippen molar-refractivity contribution in [2.75, 3.05) is 7.05 Å². The van der Waals surface area contributed by atoms with Crippen LogP contribution < -0.4 is 5.32 Å². The van der Waals surface area contributed by atoms with Crippen molar-refractivity contribution in [3.05, 3.63) is 53.6 Å². The molecule has 5 heteroatoms. The van der Waals surface area contributed by atoms with E-state index in [1.54, 1.807) is 25.6 Å². The quantitative estimate of drug-likeness (QED) is 0.873. The van der Waals surface area contributed by atoms with E-state index in [2.05, 4.69) is 20.3 Å². The van der Waals surface area contributed by atoms with Gasteiger partial charge < -0.3 is 5.32 Å². The molecule has 0 aliphatic carbocycles. The minimum Gasteiger partial charge on any atom is -0.307 e. The predicted molar refractivity (Wildman–Crippen MR) is 61.9 cm³/mol. The van der Waals surface area contributed by atoms with E-state index in [1.165, 1.54) is 12.3 Å². The van der Waals surface area contributed by atoms with Gasteiger partial charge in [0, 0.05) is 18.6 Å². The Hall–Kier alpha value is -1.88. The zero-order chi connectivity index (χ0) is 12.3. The number of nitrogens with zero attached hydrogens (tertiary/aromatic N) is 3. The normalized spacial score (nSPS) is 12.4. The van der Waals surface area contributed by atoms with Crippen molar-refractivity contribution in [3.8, 4) is 0 Å². The van der Waals surface area contributed by atoms with E-state index < -0.39 is 0 Å². The van der Waals surface area contributed by atoms with Crippen molar-refractivity contribution in [1.29, 1.82) is 0 Å². The van der Waals surface area contributed by atoms with Gasteiger partial charge in [-0.05, 0) is 31.2 Å². The Morgan fingerprint density at radius 2 is 1.88 bits per heavy atom. The second-order valence-electron chi connectivity index (χ2n) is 3.78. The fourth-order valence-electron chi connectivity index (χ4n) is 1.58. The van der Waals surface area contributed by atoms with Gasteiger partial charge in [0.1, 0.15) is 11.6 Å². The van der Waals surface area contributed by atoms with Crippen LogP contribution in [0.25, 0.3) is 0 Å². The van der Waals surface area contributed by atoms with Crippen LogP contribution in [-0.4, -0.2) is 22.0 Å². The molecule has 0 bridgehead atoms. The summed E-state index contributed by atoms with van der Waals surface area (Å²) in [5.41, 5.74) is 1.69. The first-order valence-corrected chi connectivity index (χ1v) is 5.27. The first-order valence-electron chi connectivity index (χ1n) is 5.27. The number of nitrogens with one attached hydrogen (secondary N) is 1. The predicted octanol–water partition coefficient (Wildman–Crippen LogP) is 1.63. The standard InChI is InChI=1S/C12H13FN4/c1-8-4-16-12(17-5-8)11(14-2)9-3-10(13)7-15-6-9/h3-7,11,14H,1-2H3. The van der Waals surface area contributed by atoms with Gasteiger partial charge in [-0.1, -0.05) is 0 Å². The zero-order valence-electron chi connectivity index (χ0n) is 9.68. The topological polar surface area (TPSA) is 50.7 Å². The summed E-state index contributed by atoms with van der Waals surface area (Å²) < 4.78 is 13.1. The van der Waals surface area contributed by atoms with E-state index in [-0.39, 0.29) is 11.9 Å². The van der Waals surface area contributed by atoms with Crippen LogP contribution in [0.15, 0.2) is 30.9 Å². The highest BCUT2D eigenvalue weighted by atomic mass is 19.1. The Morgan fingerprint density at radius 1 is 1.18 bits per heavy atom. The maximum absolute atomic E-state index is 13.1. The highest BCUT2D eigenvalue weighted by Gasteiger charge is 2.15. The van der Waals surface area contributed by atoms with Gasteiger partial charge in [-0.3, -0.25) is 4.98 Å². The van der Waals surface area contributed by atoms with Gasteiger partial charge >= 0.3 is 0 Å². The van der Waals surface area contributed by atoms with Crippen LogP contribution in [0, 0.1) is 12.7 Å². The molecule has 0 saturated heterocycles. The van der Waals surface area contributed by atoms with E-state index in [9.17, 15) is 4.39 Å². The molecular weight excluding hydrogens is 219 g/mol. The molecule has 2 aromatic rings. The molecule has 2 heterocycles. The van der Waals surface area contributed by atoms with Gasteiger partial charge in [0.25, 0.3) is 0 Å². The molecule has 2 aromatic heterocycles. The van der Waals surface area contributed by atoms with Crippen LogP contribution >= 0.6 is 0 Å². The average Bonchev–Trinajstić information content (AvgIpc) is 2.33. The summed E-state index contributed by atoms with van der Waals surface area (Å²) in [5.74, 6) is 0.236. The molecule has 17 heavy (non-hydrogen) atoms. The lowest BCUT2D eigenvalue weighted by Crippen LogP contribution is -2.20. The number of hydrogen-bond acceptors (Lipinski definition) is 4. The molecule has 2 rings (SSSR count). The first kappa shape index (κ1) is 11.6. The minimum absolute atomic E-state index is 0.251. The fourth-order valence-corrected chi connectivity index (χ4v) is 1.58. The summed E-state index contributed by atoms with van der Waals surface area (Å²) in [6.45, 7) is 1.92. The van der Waals surface area contributed by atoms with Gasteiger partial charge in [0.05, 0.1) is 12.2 Å². The summed E-state index contributed by atoms with van der Waals surface area (Å²) >= 11 is 0. The molecular formula is C12H13FN4. The molecule has 4 nitrogen and oxygen atoms in total. The Bertz CT molecular complexity index is 498. The number of pyridine rings is 1. The lowest BCUT2D eigenvalue weighted by molar-refractivity contribution is 0.600. The van der Waals surface area contributed by atoms with Crippen molar-refractivity contribution in [3.63, 3.8) is 0 Å². The summed E-state index contributed by atoms with van der Waals surface area (Å²) in [6, 6.07) is 1.18. The highest BCUT2D eigenvalue weighted by molar-refractivity contribution is 5.22. The zero-order valence-corrected chi connectivity index (χ0v) is 9.68. The summed E-state index contributed by atoms with van der Waals surface area (Å²) in [4.78, 5) is 12.3. The van der Waals surface area contributed by atoms with Crippen molar-refractivity contribution in [1.82, 2.24) is 20.3 Å². The van der Waals surface area contributed by atoms with Gasteiger partial charge in [-0.2, -0.15) is 0 Å². The van der Waals surface area contributed by atoms with Crippen molar-refractivity contribution in [2.45, 2.75) is 13.0 Å². The number of aromatic nitrogens is 3. The molecule has 0 aromatic carbocycles. The molecule has 0 saturated carbocycles. The molecule has 0 aliphatic rings. The first-order chi connectivity index (χ1) is 8.20. The van der Waals surface area contributed by atoms with Crippen LogP contribution in [0.2, 0.25) is 0 Å². The highest BCUT2D eigenvalue weighted by Crippen LogP contribution is 2.17. The van der Waals surface area contributed by atoms with Gasteiger partial charge in [-0.25, -0.2) is 14.4 Å². The number of rotatable bonds is 3. The Morgan fingerprint density at radius 3 is 2.47 bits per heavy atom. The van der Waals surface area contributed by atoms with E-state index in [0.29, 0.717) is 11.4 Å². The summed E-state index contributed by atoms with van der Waals surface area (Å²) in [5, 5.41) is 3.05. The van der Waals surface area contributed by atoms with E-state index in [4.69, 9.17) is 0 Å². The number of hydrogen-bond donors (Lipinski definition) is 1. The Kier molecular flexibility index (Phi) is 3.39. The maximum atomic E-state index is 13.1. The van der Waals surface area contributed by atoms with Crippen LogP contribution in [-0.2, 0) is 0 Å². The second kappa shape index (κ2) is 4.97. The molecule has 0 fully saturated rings. The van der Waals surface area contributed by atoms with Gasteiger partial charge in [0.15, 0.2) is 0 Å². The lowest BCUT2D eigenvalue weighted by atomic mass is 10.1. The van der Waals surface area contributed by atoms with Crippen molar-refractivity contribution >= 4 is 0 Å². The summed E-state index contributed by atoms with van der Waals surface area (Å²) in [6.07, 6.45) is 6.25. The molecule has 0 radical (unpaired) electrons. The Labute approximate surface area is 99.0 Å². The third kappa shape index (κ3) is 2.62. The minimum atomic E-state index is -0.366. The van der Waals surface area contributed by atoms with Crippen molar-refractivity contribution < 1.29 is 4.39 Å². The molecule has 1 unspecified atom stereocenters. The van der Waals surface area contributed by atoms with Crippen LogP contribution in [0.3, 0.4) is 0 Å². The third-order valence-electron chi connectivity index (χ3n) is 2.41. The van der Waals surface area contributed by atoms with Crippen molar-refractivity contribution in [2.24, 2.45) is 0 Å². The molecule has 1 N–H and O–H groups in total. The number of halogens is 1. The molecule has 0 amide bonds. The van der Waals surface area contributed by atoms with Crippen LogP contribution in [0.4, 0.5) is 4.39 Å². The molecule has 1 atom stereocenters. The monoisotopic (exact) mass is 232 g/mol. The smallest absolute Gasteiger partial charge is 0.149 e. The van der Waals surface area contributed by atoms with E-state index in [1.807, 2.05) is 6.92 Å². The molecule has 0 spiro atoms. The third-order valence-corrected chi connectivity index (χ3v) is 2.41. The van der Waals surface area contributed by atoms with Gasteiger partial charge in [-0.15, -0.1) is 0 Å². The molecule has 0 aliphatic heterocycles. The van der Waals surface area contributed by atoms with E-state index in [0.717, 1.165) is 5.56 Å². The SMILES string of the molecule is CNC(c1cncc(F)c1)c1ncc(C)cn1. The second-order valence-corrected chi connectivity index (χ2v) is 3.78. The lowest BCUT2D eigenvalue weighted by Gasteiger charge is -2.14. The average molecular weight is 232 g/mol. The Balaban J connectivity index is 2.36. The number of aryl methyl sites for hydroxylation is 1. The fraction of sp³-hybridized carbons (Fsp3) is 0.250. The molecule has 88 valence electrons. The van der Waals surface area contributed by atoms with Gasteiger partial charge in [0.2, 0.25) is 0 Å². The largest absolute Gasteiger partial charge is 0.307 e.